The van der Waals surface area contributed by atoms with Gasteiger partial charge in [0, 0.05) is 6.07 Å². The maximum atomic E-state index is 13.0. The molecular formula is C9H8BrFO4. The molecule has 1 unspecified atom stereocenters. The summed E-state index contributed by atoms with van der Waals surface area (Å²) in [5, 5.41) is 17.2. The highest BCUT2D eigenvalue weighted by molar-refractivity contribution is 9.10. The van der Waals surface area contributed by atoms with E-state index in [1.54, 1.807) is 0 Å². The largest absolute Gasteiger partial charge is 0.490 e. The number of rotatable bonds is 4. The smallest absolute Gasteiger partial charge is 0.336 e. The van der Waals surface area contributed by atoms with Crippen molar-refractivity contribution >= 4 is 21.9 Å². The third-order valence-corrected chi connectivity index (χ3v) is 2.23. The predicted molar refractivity (Wildman–Crippen MR) is 53.2 cm³/mol. The number of carboxylic acid groups (broad SMARTS) is 1. The van der Waals surface area contributed by atoms with Crippen molar-refractivity contribution in [2.75, 3.05) is 6.61 Å². The highest BCUT2D eigenvalue weighted by Gasteiger charge is 2.13. The van der Waals surface area contributed by atoms with Crippen LogP contribution in [0.3, 0.4) is 0 Å². The second-order valence-corrected chi connectivity index (χ2v) is 3.60. The number of aliphatic hydroxyl groups excluding tert-OH is 1. The third-order valence-electron chi connectivity index (χ3n) is 1.58. The summed E-state index contributed by atoms with van der Waals surface area (Å²) in [6.07, 6.45) is -1.61. The van der Waals surface area contributed by atoms with Crippen LogP contribution < -0.4 is 4.74 Å². The van der Waals surface area contributed by atoms with Crippen LogP contribution in [0.4, 0.5) is 4.39 Å². The Morgan fingerprint density at radius 2 is 2.27 bits per heavy atom. The van der Waals surface area contributed by atoms with Crippen molar-refractivity contribution in [3.8, 4) is 5.75 Å². The molecule has 0 bridgehead atoms. The van der Waals surface area contributed by atoms with E-state index < -0.39 is 24.5 Å². The molecule has 15 heavy (non-hydrogen) atoms. The number of ether oxygens (including phenoxy) is 1. The van der Waals surface area contributed by atoms with Gasteiger partial charge in [0.15, 0.2) is 6.10 Å². The standard InChI is InChI=1S/C9H8BrFO4/c10-6-2-1-5(3-7(6)11)15-4-8(12)9(13)14/h1-3,8,12H,4H2,(H,13,14). The van der Waals surface area contributed by atoms with E-state index in [4.69, 9.17) is 14.9 Å². The van der Waals surface area contributed by atoms with Crippen LogP contribution in [0.25, 0.3) is 0 Å². The average molecular weight is 279 g/mol. The van der Waals surface area contributed by atoms with E-state index in [2.05, 4.69) is 15.9 Å². The first-order valence-electron chi connectivity index (χ1n) is 3.99. The van der Waals surface area contributed by atoms with Gasteiger partial charge in [-0.1, -0.05) is 0 Å². The fourth-order valence-corrected chi connectivity index (χ4v) is 1.06. The Labute approximate surface area is 93.4 Å². The number of benzene rings is 1. The van der Waals surface area contributed by atoms with E-state index in [9.17, 15) is 9.18 Å². The number of aliphatic hydroxyl groups is 1. The van der Waals surface area contributed by atoms with Gasteiger partial charge < -0.3 is 14.9 Å². The number of carboxylic acids is 1. The van der Waals surface area contributed by atoms with Crippen molar-refractivity contribution in [3.63, 3.8) is 0 Å². The maximum Gasteiger partial charge on any atom is 0.336 e. The molecule has 0 fully saturated rings. The molecule has 0 saturated heterocycles. The van der Waals surface area contributed by atoms with Crippen molar-refractivity contribution in [2.45, 2.75) is 6.10 Å². The van der Waals surface area contributed by atoms with E-state index >= 15 is 0 Å². The monoisotopic (exact) mass is 278 g/mol. The molecule has 4 nitrogen and oxygen atoms in total. The molecule has 0 amide bonds. The van der Waals surface area contributed by atoms with Crippen LogP contribution >= 0.6 is 15.9 Å². The van der Waals surface area contributed by atoms with Crippen molar-refractivity contribution in [2.24, 2.45) is 0 Å². The van der Waals surface area contributed by atoms with Gasteiger partial charge in [-0.2, -0.15) is 0 Å². The lowest BCUT2D eigenvalue weighted by Crippen LogP contribution is -2.26. The van der Waals surface area contributed by atoms with Crippen LogP contribution in [0, 0.1) is 5.82 Å². The molecule has 0 heterocycles. The summed E-state index contributed by atoms with van der Waals surface area (Å²) in [7, 11) is 0. The Hall–Kier alpha value is -1.14. The zero-order chi connectivity index (χ0) is 11.4. The quantitative estimate of drug-likeness (QED) is 0.874. The summed E-state index contributed by atoms with van der Waals surface area (Å²) in [5.41, 5.74) is 0. The molecule has 0 saturated carbocycles. The second kappa shape index (κ2) is 5.09. The number of hydrogen-bond donors (Lipinski definition) is 2. The molecule has 6 heteroatoms. The first-order valence-corrected chi connectivity index (χ1v) is 4.78. The van der Waals surface area contributed by atoms with Crippen LogP contribution in [0.5, 0.6) is 5.75 Å². The van der Waals surface area contributed by atoms with E-state index in [-0.39, 0.29) is 10.2 Å². The van der Waals surface area contributed by atoms with Gasteiger partial charge in [0.05, 0.1) is 4.47 Å². The van der Waals surface area contributed by atoms with E-state index in [1.165, 1.54) is 12.1 Å². The summed E-state index contributed by atoms with van der Waals surface area (Å²) in [6.45, 7) is -0.420. The molecule has 82 valence electrons. The lowest BCUT2D eigenvalue weighted by molar-refractivity contribution is -0.148. The van der Waals surface area contributed by atoms with Gasteiger partial charge in [0.1, 0.15) is 18.2 Å². The Bertz CT molecular complexity index is 369. The SMILES string of the molecule is O=C(O)C(O)COc1ccc(Br)c(F)c1. The molecule has 0 aromatic heterocycles. The third kappa shape index (κ3) is 3.49. The highest BCUT2D eigenvalue weighted by Crippen LogP contribution is 2.20. The molecule has 0 spiro atoms. The van der Waals surface area contributed by atoms with Crippen LogP contribution in [-0.4, -0.2) is 28.9 Å². The molecule has 0 aliphatic heterocycles. The van der Waals surface area contributed by atoms with Gasteiger partial charge in [-0.15, -0.1) is 0 Å². The number of hydrogen-bond acceptors (Lipinski definition) is 3. The minimum atomic E-state index is -1.61. The minimum Gasteiger partial charge on any atom is -0.490 e. The van der Waals surface area contributed by atoms with Crippen LogP contribution in [-0.2, 0) is 4.79 Å². The lowest BCUT2D eigenvalue weighted by atomic mass is 10.3. The summed E-state index contributed by atoms with van der Waals surface area (Å²) in [6, 6.07) is 3.98. The van der Waals surface area contributed by atoms with Crippen molar-refractivity contribution in [1.82, 2.24) is 0 Å². The molecule has 0 aliphatic carbocycles. The summed E-state index contributed by atoms with van der Waals surface area (Å²) in [5.74, 6) is -1.74. The van der Waals surface area contributed by atoms with Gasteiger partial charge >= 0.3 is 5.97 Å². The Kier molecular flexibility index (Phi) is 4.05. The first kappa shape index (κ1) is 11.9. The Morgan fingerprint density at radius 3 is 2.80 bits per heavy atom. The van der Waals surface area contributed by atoms with Crippen molar-refractivity contribution < 1.29 is 24.1 Å². The minimum absolute atomic E-state index is 0.163. The average Bonchev–Trinajstić information content (AvgIpc) is 2.19. The molecule has 1 rings (SSSR count). The normalized spacial score (nSPS) is 12.2. The van der Waals surface area contributed by atoms with Crippen LogP contribution in [0.15, 0.2) is 22.7 Å². The number of aliphatic carboxylic acids is 1. The zero-order valence-electron chi connectivity index (χ0n) is 7.48. The van der Waals surface area contributed by atoms with E-state index in [1.807, 2.05) is 0 Å². The molecule has 0 radical (unpaired) electrons. The molecular weight excluding hydrogens is 271 g/mol. The predicted octanol–water partition coefficient (Wildman–Crippen LogP) is 1.41. The van der Waals surface area contributed by atoms with Gasteiger partial charge in [0.2, 0.25) is 0 Å². The summed E-state index contributed by atoms with van der Waals surface area (Å²) < 4.78 is 18.1. The van der Waals surface area contributed by atoms with E-state index in [0.29, 0.717) is 0 Å². The Balaban J connectivity index is 2.58. The lowest BCUT2D eigenvalue weighted by Gasteiger charge is -2.08. The maximum absolute atomic E-state index is 13.0. The number of carbonyl (C=O) groups is 1. The van der Waals surface area contributed by atoms with E-state index in [0.717, 1.165) is 6.07 Å². The number of halogens is 2. The second-order valence-electron chi connectivity index (χ2n) is 2.74. The zero-order valence-corrected chi connectivity index (χ0v) is 9.07. The van der Waals surface area contributed by atoms with Crippen LogP contribution in [0.2, 0.25) is 0 Å². The van der Waals surface area contributed by atoms with Gasteiger partial charge in [0.25, 0.3) is 0 Å². The summed E-state index contributed by atoms with van der Waals surface area (Å²) >= 11 is 2.96. The summed E-state index contributed by atoms with van der Waals surface area (Å²) in [4.78, 5) is 10.2. The van der Waals surface area contributed by atoms with Gasteiger partial charge in [-0.25, -0.2) is 9.18 Å². The highest BCUT2D eigenvalue weighted by atomic mass is 79.9. The van der Waals surface area contributed by atoms with Crippen molar-refractivity contribution in [1.29, 1.82) is 0 Å². The molecule has 2 N–H and O–H groups in total. The van der Waals surface area contributed by atoms with Crippen LogP contribution in [0.1, 0.15) is 0 Å². The van der Waals surface area contributed by atoms with Gasteiger partial charge in [-0.05, 0) is 28.1 Å². The topological polar surface area (TPSA) is 66.8 Å². The molecule has 1 aromatic carbocycles. The fourth-order valence-electron chi connectivity index (χ4n) is 0.813. The molecule has 0 aliphatic rings. The van der Waals surface area contributed by atoms with Gasteiger partial charge in [-0.3, -0.25) is 0 Å². The first-order chi connectivity index (χ1) is 7.00. The Morgan fingerprint density at radius 1 is 1.60 bits per heavy atom. The fraction of sp³-hybridized carbons (Fsp3) is 0.222. The molecule has 1 atom stereocenters. The van der Waals surface area contributed by atoms with Crippen molar-refractivity contribution in [3.05, 3.63) is 28.5 Å². The molecule has 1 aromatic rings.